The first kappa shape index (κ1) is 12.7. The Hall–Kier alpha value is -2.34. The lowest BCUT2D eigenvalue weighted by Gasteiger charge is -2.01. The molecule has 1 aromatic heterocycles. The van der Waals surface area contributed by atoms with E-state index in [0.29, 0.717) is 28.5 Å². The van der Waals surface area contributed by atoms with E-state index in [1.54, 1.807) is 30.3 Å². The minimum Gasteiger partial charge on any atom is -0.508 e. The molecule has 5 nitrogen and oxygen atoms in total. The summed E-state index contributed by atoms with van der Waals surface area (Å²) in [5.74, 6) is 0.883. The van der Waals surface area contributed by atoms with Gasteiger partial charge in [-0.3, -0.25) is 0 Å². The molecule has 0 radical (unpaired) electrons. The third-order valence-electron chi connectivity index (χ3n) is 2.81. The molecule has 2 aromatic carbocycles. The molecule has 0 bridgehead atoms. The van der Waals surface area contributed by atoms with Gasteiger partial charge in [-0.2, -0.15) is 4.98 Å². The van der Waals surface area contributed by atoms with Crippen LogP contribution >= 0.6 is 15.9 Å². The second kappa shape index (κ2) is 4.97. The zero-order chi connectivity index (χ0) is 14.1. The number of para-hydroxylation sites is 1. The van der Waals surface area contributed by atoms with Gasteiger partial charge in [0.25, 0.3) is 5.89 Å². The van der Waals surface area contributed by atoms with Crippen LogP contribution in [0.5, 0.6) is 5.75 Å². The van der Waals surface area contributed by atoms with E-state index < -0.39 is 0 Å². The van der Waals surface area contributed by atoms with Gasteiger partial charge in [0.05, 0.1) is 11.3 Å². The van der Waals surface area contributed by atoms with Crippen LogP contribution in [0.25, 0.3) is 22.8 Å². The van der Waals surface area contributed by atoms with Gasteiger partial charge < -0.3 is 15.4 Å². The van der Waals surface area contributed by atoms with Crippen molar-refractivity contribution in [1.82, 2.24) is 10.1 Å². The minimum absolute atomic E-state index is 0.149. The number of aromatic hydroxyl groups is 1. The average molecular weight is 332 g/mol. The van der Waals surface area contributed by atoms with Gasteiger partial charge in [-0.25, -0.2) is 0 Å². The summed E-state index contributed by atoms with van der Waals surface area (Å²) in [6, 6.07) is 12.1. The van der Waals surface area contributed by atoms with Crippen molar-refractivity contribution in [2.45, 2.75) is 0 Å². The predicted molar refractivity (Wildman–Crippen MR) is 78.9 cm³/mol. The summed E-state index contributed by atoms with van der Waals surface area (Å²) in [6.45, 7) is 0. The number of phenolic OH excluding ortho intramolecular Hbond substituents is 1. The largest absolute Gasteiger partial charge is 0.508 e. The van der Waals surface area contributed by atoms with Crippen molar-refractivity contribution >= 4 is 21.6 Å². The molecule has 100 valence electrons. The van der Waals surface area contributed by atoms with E-state index in [1.165, 1.54) is 0 Å². The van der Waals surface area contributed by atoms with Crippen LogP contribution in [0.1, 0.15) is 0 Å². The number of nitrogens with zero attached hydrogens (tertiary/aromatic N) is 2. The first-order chi connectivity index (χ1) is 9.65. The van der Waals surface area contributed by atoms with Crippen molar-refractivity contribution in [3.05, 3.63) is 46.9 Å². The van der Waals surface area contributed by atoms with Crippen LogP contribution in [0.2, 0.25) is 0 Å². The zero-order valence-electron chi connectivity index (χ0n) is 10.2. The van der Waals surface area contributed by atoms with Gasteiger partial charge in [-0.1, -0.05) is 23.4 Å². The lowest BCUT2D eigenvalue weighted by molar-refractivity contribution is 0.432. The molecule has 0 aliphatic carbocycles. The zero-order valence-corrected chi connectivity index (χ0v) is 11.8. The number of phenols is 1. The molecule has 0 aliphatic heterocycles. The summed E-state index contributed by atoms with van der Waals surface area (Å²) in [5.41, 5.74) is 7.85. The van der Waals surface area contributed by atoms with Gasteiger partial charge in [0.15, 0.2) is 0 Å². The number of nitrogen functional groups attached to an aromatic ring is 1. The second-order valence-corrected chi connectivity index (χ2v) is 5.03. The first-order valence-electron chi connectivity index (χ1n) is 5.82. The molecule has 0 saturated carbocycles. The highest BCUT2D eigenvalue weighted by atomic mass is 79.9. The van der Waals surface area contributed by atoms with Crippen molar-refractivity contribution in [3.8, 4) is 28.6 Å². The molecule has 1 heterocycles. The fourth-order valence-corrected chi connectivity index (χ4v) is 2.18. The molecule has 3 rings (SSSR count). The predicted octanol–water partition coefficient (Wildman–Crippen LogP) is 3.45. The van der Waals surface area contributed by atoms with Gasteiger partial charge in [0.1, 0.15) is 5.75 Å². The summed E-state index contributed by atoms with van der Waals surface area (Å²) in [4.78, 5) is 4.30. The van der Waals surface area contributed by atoms with Crippen LogP contribution in [0.3, 0.4) is 0 Å². The van der Waals surface area contributed by atoms with E-state index in [9.17, 15) is 5.11 Å². The fourth-order valence-electron chi connectivity index (χ4n) is 1.82. The summed E-state index contributed by atoms with van der Waals surface area (Å²) in [7, 11) is 0. The topological polar surface area (TPSA) is 85.2 Å². The Bertz CT molecular complexity index is 771. The Morgan fingerprint density at radius 2 is 1.95 bits per heavy atom. The van der Waals surface area contributed by atoms with Gasteiger partial charge in [-0.05, 0) is 40.2 Å². The number of aromatic nitrogens is 2. The standard InChI is InChI=1S/C14H10BrN3O2/c15-11-6-2-5-10(12(11)16)14-17-13(18-20-14)8-3-1-4-9(19)7-8/h1-7,19H,16H2. The highest BCUT2D eigenvalue weighted by Gasteiger charge is 2.14. The van der Waals surface area contributed by atoms with Crippen molar-refractivity contribution < 1.29 is 9.63 Å². The molecular weight excluding hydrogens is 322 g/mol. The van der Waals surface area contributed by atoms with E-state index in [1.807, 2.05) is 12.1 Å². The average Bonchev–Trinajstić information content (AvgIpc) is 2.91. The summed E-state index contributed by atoms with van der Waals surface area (Å²) < 4.78 is 6.01. The van der Waals surface area contributed by atoms with E-state index in [2.05, 4.69) is 26.1 Å². The molecule has 0 fully saturated rings. The van der Waals surface area contributed by atoms with Crippen molar-refractivity contribution in [3.63, 3.8) is 0 Å². The molecular formula is C14H10BrN3O2. The van der Waals surface area contributed by atoms with E-state index in [0.717, 1.165) is 4.47 Å². The molecule has 0 spiro atoms. The highest BCUT2D eigenvalue weighted by Crippen LogP contribution is 2.32. The Labute approximate surface area is 123 Å². The van der Waals surface area contributed by atoms with Crippen LogP contribution in [-0.2, 0) is 0 Å². The highest BCUT2D eigenvalue weighted by molar-refractivity contribution is 9.10. The Morgan fingerprint density at radius 1 is 1.15 bits per heavy atom. The third-order valence-corrected chi connectivity index (χ3v) is 3.51. The molecule has 0 amide bonds. The Kier molecular flexibility index (Phi) is 3.15. The van der Waals surface area contributed by atoms with Crippen LogP contribution in [0.4, 0.5) is 5.69 Å². The van der Waals surface area contributed by atoms with E-state index in [-0.39, 0.29) is 5.75 Å². The SMILES string of the molecule is Nc1c(Br)cccc1-c1nc(-c2cccc(O)c2)no1. The summed E-state index contributed by atoms with van der Waals surface area (Å²) >= 11 is 3.36. The number of benzene rings is 2. The van der Waals surface area contributed by atoms with E-state index in [4.69, 9.17) is 10.3 Å². The lowest BCUT2D eigenvalue weighted by Crippen LogP contribution is -1.91. The first-order valence-corrected chi connectivity index (χ1v) is 6.62. The molecule has 0 unspecified atom stereocenters. The molecule has 20 heavy (non-hydrogen) atoms. The number of nitrogens with two attached hydrogens (primary N) is 1. The maximum absolute atomic E-state index is 9.47. The van der Waals surface area contributed by atoms with Crippen molar-refractivity contribution in [2.24, 2.45) is 0 Å². The van der Waals surface area contributed by atoms with Gasteiger partial charge >= 0.3 is 0 Å². The lowest BCUT2D eigenvalue weighted by atomic mass is 10.2. The number of halogens is 1. The summed E-state index contributed by atoms with van der Waals surface area (Å²) in [6.07, 6.45) is 0. The fraction of sp³-hybridized carbons (Fsp3) is 0. The van der Waals surface area contributed by atoms with Crippen LogP contribution < -0.4 is 5.73 Å². The third kappa shape index (κ3) is 2.25. The number of hydrogen-bond donors (Lipinski definition) is 2. The summed E-state index contributed by atoms with van der Waals surface area (Å²) in [5, 5.41) is 13.4. The Balaban J connectivity index is 2.04. The quantitative estimate of drug-likeness (QED) is 0.702. The van der Waals surface area contributed by atoms with Crippen molar-refractivity contribution in [2.75, 3.05) is 5.73 Å². The number of hydrogen-bond acceptors (Lipinski definition) is 5. The molecule has 0 saturated heterocycles. The Morgan fingerprint density at radius 3 is 2.75 bits per heavy atom. The maximum Gasteiger partial charge on any atom is 0.260 e. The maximum atomic E-state index is 9.47. The molecule has 0 atom stereocenters. The molecule has 3 aromatic rings. The molecule has 3 N–H and O–H groups in total. The minimum atomic E-state index is 0.149. The van der Waals surface area contributed by atoms with Crippen LogP contribution in [0.15, 0.2) is 51.5 Å². The second-order valence-electron chi connectivity index (χ2n) is 4.17. The number of anilines is 1. The van der Waals surface area contributed by atoms with Crippen LogP contribution in [0, 0.1) is 0 Å². The van der Waals surface area contributed by atoms with Gasteiger partial charge in [0.2, 0.25) is 5.82 Å². The molecule has 0 aliphatic rings. The normalized spacial score (nSPS) is 10.7. The smallest absolute Gasteiger partial charge is 0.260 e. The van der Waals surface area contributed by atoms with Crippen molar-refractivity contribution in [1.29, 1.82) is 0 Å². The van der Waals surface area contributed by atoms with Gasteiger partial charge in [0, 0.05) is 10.0 Å². The monoisotopic (exact) mass is 331 g/mol. The van der Waals surface area contributed by atoms with Crippen LogP contribution in [-0.4, -0.2) is 15.2 Å². The van der Waals surface area contributed by atoms with E-state index >= 15 is 0 Å². The van der Waals surface area contributed by atoms with Gasteiger partial charge in [-0.15, -0.1) is 0 Å². The number of rotatable bonds is 2. The molecule has 6 heteroatoms.